The van der Waals surface area contributed by atoms with E-state index in [-0.39, 0.29) is 23.4 Å². The SMILES string of the molecule is CCOc1c(-c2ccccc2)nc2c(ccc3ccccc32)c1C(F)(F)F. The van der Waals surface area contributed by atoms with Gasteiger partial charge in [0, 0.05) is 16.3 Å². The molecule has 136 valence electrons. The summed E-state index contributed by atoms with van der Waals surface area (Å²) in [4.78, 5) is 4.64. The maximum absolute atomic E-state index is 14.1. The lowest BCUT2D eigenvalue weighted by molar-refractivity contribution is -0.137. The van der Waals surface area contributed by atoms with E-state index in [1.165, 1.54) is 6.07 Å². The number of fused-ring (bicyclic) bond motifs is 3. The number of pyridine rings is 1. The third-order valence-corrected chi connectivity index (χ3v) is 4.46. The molecule has 1 heterocycles. The van der Waals surface area contributed by atoms with Crippen molar-refractivity contribution in [2.45, 2.75) is 13.1 Å². The van der Waals surface area contributed by atoms with Crippen LogP contribution in [0, 0.1) is 0 Å². The Hall–Kier alpha value is -3.08. The average Bonchev–Trinajstić information content (AvgIpc) is 2.67. The Kier molecular flexibility index (Phi) is 4.22. The number of nitrogens with zero attached hydrogens (tertiary/aromatic N) is 1. The van der Waals surface area contributed by atoms with E-state index in [0.29, 0.717) is 16.5 Å². The zero-order valence-corrected chi connectivity index (χ0v) is 14.5. The molecule has 3 aromatic carbocycles. The van der Waals surface area contributed by atoms with Gasteiger partial charge in [0.05, 0.1) is 12.1 Å². The Morgan fingerprint density at radius 1 is 0.852 bits per heavy atom. The number of hydrogen-bond donors (Lipinski definition) is 0. The molecule has 0 atom stereocenters. The lowest BCUT2D eigenvalue weighted by atomic mass is 9.98. The van der Waals surface area contributed by atoms with E-state index in [2.05, 4.69) is 4.98 Å². The molecule has 0 aliphatic heterocycles. The van der Waals surface area contributed by atoms with Crippen LogP contribution in [0.3, 0.4) is 0 Å². The van der Waals surface area contributed by atoms with Crippen molar-refractivity contribution in [1.29, 1.82) is 0 Å². The number of benzene rings is 3. The van der Waals surface area contributed by atoms with Gasteiger partial charge in [0.15, 0.2) is 5.75 Å². The van der Waals surface area contributed by atoms with Gasteiger partial charge in [-0.05, 0) is 12.3 Å². The highest BCUT2D eigenvalue weighted by molar-refractivity contribution is 6.08. The molecular formula is C22H16F3NO. The van der Waals surface area contributed by atoms with Crippen molar-refractivity contribution in [2.24, 2.45) is 0 Å². The minimum absolute atomic E-state index is 0.0457. The Bertz CT molecular complexity index is 1120. The van der Waals surface area contributed by atoms with Gasteiger partial charge >= 0.3 is 6.18 Å². The van der Waals surface area contributed by atoms with Crippen molar-refractivity contribution in [3.63, 3.8) is 0 Å². The van der Waals surface area contributed by atoms with Crippen LogP contribution in [0.15, 0.2) is 66.7 Å². The van der Waals surface area contributed by atoms with Gasteiger partial charge in [-0.25, -0.2) is 4.98 Å². The molecule has 4 aromatic rings. The van der Waals surface area contributed by atoms with Crippen LogP contribution < -0.4 is 4.74 Å². The topological polar surface area (TPSA) is 22.1 Å². The highest BCUT2D eigenvalue weighted by atomic mass is 19.4. The fourth-order valence-electron chi connectivity index (χ4n) is 3.34. The van der Waals surface area contributed by atoms with Gasteiger partial charge in [-0.2, -0.15) is 13.2 Å². The molecule has 0 saturated carbocycles. The molecule has 0 radical (unpaired) electrons. The minimum Gasteiger partial charge on any atom is -0.491 e. The fraction of sp³-hybridized carbons (Fsp3) is 0.136. The molecule has 27 heavy (non-hydrogen) atoms. The lowest BCUT2D eigenvalue weighted by Crippen LogP contribution is -2.12. The summed E-state index contributed by atoms with van der Waals surface area (Å²) in [7, 11) is 0. The quantitative estimate of drug-likeness (QED) is 0.387. The summed E-state index contributed by atoms with van der Waals surface area (Å²) in [5, 5.41) is 1.57. The Morgan fingerprint density at radius 3 is 2.26 bits per heavy atom. The smallest absolute Gasteiger partial charge is 0.420 e. The number of hydrogen-bond acceptors (Lipinski definition) is 2. The zero-order valence-electron chi connectivity index (χ0n) is 14.5. The molecule has 4 rings (SSSR count). The fourth-order valence-corrected chi connectivity index (χ4v) is 3.34. The third-order valence-electron chi connectivity index (χ3n) is 4.46. The van der Waals surface area contributed by atoms with E-state index < -0.39 is 11.7 Å². The number of aromatic nitrogens is 1. The van der Waals surface area contributed by atoms with E-state index in [1.807, 2.05) is 18.2 Å². The van der Waals surface area contributed by atoms with Gasteiger partial charge in [-0.15, -0.1) is 0 Å². The summed E-state index contributed by atoms with van der Waals surface area (Å²) in [6.45, 7) is 1.78. The second-order valence-electron chi connectivity index (χ2n) is 6.14. The monoisotopic (exact) mass is 367 g/mol. The first-order chi connectivity index (χ1) is 13.0. The van der Waals surface area contributed by atoms with Crippen LogP contribution in [-0.4, -0.2) is 11.6 Å². The highest BCUT2D eigenvalue weighted by Crippen LogP contribution is 2.46. The molecule has 0 bridgehead atoms. The standard InChI is InChI=1S/C22H16F3NO/c1-2-27-21-18(22(23,24)25)17-13-12-14-8-6-7-11-16(14)20(17)26-19(21)15-9-4-3-5-10-15/h3-13H,2H2,1H3. The molecule has 0 saturated heterocycles. The van der Waals surface area contributed by atoms with Gasteiger partial charge in [0.1, 0.15) is 11.3 Å². The van der Waals surface area contributed by atoms with E-state index in [9.17, 15) is 13.2 Å². The summed E-state index contributed by atoms with van der Waals surface area (Å²) in [6, 6.07) is 19.3. The molecule has 0 aliphatic rings. The molecule has 0 fully saturated rings. The van der Waals surface area contributed by atoms with Crippen LogP contribution in [-0.2, 0) is 6.18 Å². The normalized spacial score (nSPS) is 11.9. The molecule has 0 unspecified atom stereocenters. The summed E-state index contributed by atoms with van der Waals surface area (Å²) >= 11 is 0. The molecule has 1 aromatic heterocycles. The number of rotatable bonds is 3. The Morgan fingerprint density at radius 2 is 1.56 bits per heavy atom. The van der Waals surface area contributed by atoms with E-state index >= 15 is 0 Å². The maximum Gasteiger partial charge on any atom is 0.420 e. The van der Waals surface area contributed by atoms with Gasteiger partial charge in [0.25, 0.3) is 0 Å². The van der Waals surface area contributed by atoms with Gasteiger partial charge in [-0.3, -0.25) is 0 Å². The third kappa shape index (κ3) is 2.99. The first kappa shape index (κ1) is 17.3. The summed E-state index contributed by atoms with van der Waals surface area (Å²) in [5.41, 5.74) is 0.330. The van der Waals surface area contributed by atoms with Crippen molar-refractivity contribution in [3.8, 4) is 17.0 Å². The molecule has 0 aliphatic carbocycles. The Labute approximate surface area is 154 Å². The zero-order chi connectivity index (χ0) is 19.0. The summed E-state index contributed by atoms with van der Waals surface area (Å²) < 4.78 is 47.8. The molecule has 0 spiro atoms. The van der Waals surface area contributed by atoms with E-state index in [4.69, 9.17) is 4.74 Å². The molecule has 2 nitrogen and oxygen atoms in total. The highest BCUT2D eigenvalue weighted by Gasteiger charge is 2.39. The number of ether oxygens (including phenoxy) is 1. The molecule has 0 N–H and O–H groups in total. The van der Waals surface area contributed by atoms with Crippen LogP contribution in [0.2, 0.25) is 0 Å². The van der Waals surface area contributed by atoms with Crippen LogP contribution in [0.5, 0.6) is 5.75 Å². The average molecular weight is 367 g/mol. The Balaban J connectivity index is 2.21. The number of halogens is 3. The largest absolute Gasteiger partial charge is 0.491 e. The second kappa shape index (κ2) is 6.58. The van der Waals surface area contributed by atoms with Crippen molar-refractivity contribution in [2.75, 3.05) is 6.61 Å². The van der Waals surface area contributed by atoms with Crippen LogP contribution in [0.4, 0.5) is 13.2 Å². The first-order valence-electron chi connectivity index (χ1n) is 8.61. The van der Waals surface area contributed by atoms with E-state index in [1.54, 1.807) is 49.4 Å². The summed E-state index contributed by atoms with van der Waals surface area (Å²) in [5.74, 6) is -0.223. The van der Waals surface area contributed by atoms with Gasteiger partial charge in [0.2, 0.25) is 0 Å². The second-order valence-corrected chi connectivity index (χ2v) is 6.14. The first-order valence-corrected chi connectivity index (χ1v) is 8.61. The summed E-state index contributed by atoms with van der Waals surface area (Å²) in [6.07, 6.45) is -4.57. The van der Waals surface area contributed by atoms with Crippen LogP contribution >= 0.6 is 0 Å². The van der Waals surface area contributed by atoms with E-state index in [0.717, 1.165) is 5.39 Å². The van der Waals surface area contributed by atoms with Crippen LogP contribution in [0.25, 0.3) is 32.9 Å². The van der Waals surface area contributed by atoms with Crippen molar-refractivity contribution < 1.29 is 17.9 Å². The maximum atomic E-state index is 14.1. The molecule has 5 heteroatoms. The van der Waals surface area contributed by atoms with Crippen molar-refractivity contribution >= 4 is 21.7 Å². The van der Waals surface area contributed by atoms with Crippen molar-refractivity contribution in [3.05, 3.63) is 72.3 Å². The minimum atomic E-state index is -4.57. The van der Waals surface area contributed by atoms with Crippen molar-refractivity contribution in [1.82, 2.24) is 4.98 Å². The van der Waals surface area contributed by atoms with Gasteiger partial charge < -0.3 is 4.74 Å². The van der Waals surface area contributed by atoms with Crippen LogP contribution in [0.1, 0.15) is 12.5 Å². The molecule has 0 amide bonds. The lowest BCUT2D eigenvalue weighted by Gasteiger charge is -2.20. The van der Waals surface area contributed by atoms with Gasteiger partial charge in [-0.1, -0.05) is 66.7 Å². The molecular weight excluding hydrogens is 351 g/mol. The predicted octanol–water partition coefficient (Wildman–Crippen LogP) is 6.47. The predicted molar refractivity (Wildman–Crippen MR) is 101 cm³/mol. The number of alkyl halides is 3.